The Morgan fingerprint density at radius 2 is 1.55 bits per heavy atom. The molecule has 7 heteroatoms. The average Bonchev–Trinajstić information content (AvgIpc) is 2.72. The van der Waals surface area contributed by atoms with Gasteiger partial charge in [-0.15, -0.1) is 0 Å². The van der Waals surface area contributed by atoms with Crippen molar-refractivity contribution in [2.75, 3.05) is 26.2 Å². The summed E-state index contributed by atoms with van der Waals surface area (Å²) in [5, 5.41) is 14.8. The van der Waals surface area contributed by atoms with E-state index in [1.54, 1.807) is 18.2 Å². The van der Waals surface area contributed by atoms with Crippen LogP contribution in [0.3, 0.4) is 0 Å². The predicted octanol–water partition coefficient (Wildman–Crippen LogP) is 3.31. The number of piperidine rings is 1. The molecule has 6 nitrogen and oxygen atoms in total. The number of likely N-dealkylation sites (tertiary alicyclic amines) is 1. The zero-order chi connectivity index (χ0) is 21.1. The van der Waals surface area contributed by atoms with Gasteiger partial charge in [-0.25, -0.2) is 14.0 Å². The van der Waals surface area contributed by atoms with Crippen molar-refractivity contribution in [1.29, 1.82) is 0 Å². The lowest BCUT2D eigenvalue weighted by molar-refractivity contribution is -0.159. The van der Waals surface area contributed by atoms with Gasteiger partial charge in [0.25, 0.3) is 0 Å². The molecule has 1 aliphatic heterocycles. The highest BCUT2D eigenvalue weighted by molar-refractivity contribution is 6.27. The molecule has 0 saturated carbocycles. The first-order valence-electron chi connectivity index (χ1n) is 9.55. The van der Waals surface area contributed by atoms with Gasteiger partial charge >= 0.3 is 11.9 Å². The van der Waals surface area contributed by atoms with Crippen molar-refractivity contribution >= 4 is 11.9 Å². The molecule has 29 heavy (non-hydrogen) atoms. The van der Waals surface area contributed by atoms with Crippen LogP contribution < -0.4 is 4.74 Å². The molecule has 0 unspecified atom stereocenters. The van der Waals surface area contributed by atoms with E-state index in [0.29, 0.717) is 12.4 Å². The normalized spacial score (nSPS) is 14.5. The largest absolute Gasteiger partial charge is 0.489 e. The molecule has 1 aliphatic rings. The van der Waals surface area contributed by atoms with E-state index in [1.807, 2.05) is 0 Å². The fourth-order valence-electron chi connectivity index (χ4n) is 3.21. The van der Waals surface area contributed by atoms with Crippen molar-refractivity contribution in [3.05, 3.63) is 66.0 Å². The smallest absolute Gasteiger partial charge is 0.414 e. The number of carbonyl (C=O) groups is 2. The Bertz CT molecular complexity index is 764. The number of para-hydroxylation sites is 1. The van der Waals surface area contributed by atoms with Gasteiger partial charge in [-0.2, -0.15) is 0 Å². The first-order chi connectivity index (χ1) is 14.0. The molecular formula is C22H26FNO5. The third kappa shape index (κ3) is 8.31. The molecule has 1 saturated heterocycles. The van der Waals surface area contributed by atoms with Crippen molar-refractivity contribution in [2.24, 2.45) is 5.92 Å². The summed E-state index contributed by atoms with van der Waals surface area (Å²) in [6, 6.07) is 17.3. The number of hydrogen-bond donors (Lipinski definition) is 2. The number of rotatable bonds is 6. The first-order valence-corrected chi connectivity index (χ1v) is 9.55. The zero-order valence-electron chi connectivity index (χ0n) is 16.2. The van der Waals surface area contributed by atoms with Crippen LogP contribution in [0.4, 0.5) is 4.39 Å². The summed E-state index contributed by atoms with van der Waals surface area (Å²) in [5.41, 5.74) is 1.44. The lowest BCUT2D eigenvalue weighted by Gasteiger charge is -2.31. The number of carboxylic acids is 2. The Labute approximate surface area is 169 Å². The molecule has 0 atom stereocenters. The molecule has 2 aromatic rings. The molecule has 0 radical (unpaired) electrons. The van der Waals surface area contributed by atoms with Gasteiger partial charge in [-0.1, -0.05) is 42.5 Å². The standard InChI is InChI=1S/C20H24FNO.C2H2O4/c21-19-8-4-5-9-20(19)23-15-14-22-12-10-18(11-13-22)16-17-6-2-1-3-7-17;3-1(4)2(5)6/h1-9,18H,10-16H2;(H,3,4)(H,5,6). The van der Waals surface area contributed by atoms with E-state index in [4.69, 9.17) is 24.5 Å². The second kappa shape index (κ2) is 11.8. The minimum atomic E-state index is -1.82. The van der Waals surface area contributed by atoms with Crippen molar-refractivity contribution in [1.82, 2.24) is 4.90 Å². The number of ether oxygens (including phenoxy) is 1. The summed E-state index contributed by atoms with van der Waals surface area (Å²) in [4.78, 5) is 20.6. The number of carboxylic acid groups (broad SMARTS) is 2. The van der Waals surface area contributed by atoms with Crippen molar-refractivity contribution in [3.8, 4) is 5.75 Å². The summed E-state index contributed by atoms with van der Waals surface area (Å²) in [6.07, 6.45) is 3.64. The van der Waals surface area contributed by atoms with Crippen LogP contribution in [0, 0.1) is 11.7 Å². The van der Waals surface area contributed by atoms with Crippen LogP contribution in [0.2, 0.25) is 0 Å². The van der Waals surface area contributed by atoms with Crippen LogP contribution in [0.15, 0.2) is 54.6 Å². The van der Waals surface area contributed by atoms with Crippen LogP contribution in [0.5, 0.6) is 5.75 Å². The molecule has 2 N–H and O–H groups in total. The summed E-state index contributed by atoms with van der Waals surface area (Å²) < 4.78 is 19.0. The third-order valence-corrected chi connectivity index (χ3v) is 4.76. The summed E-state index contributed by atoms with van der Waals surface area (Å²) >= 11 is 0. The SMILES string of the molecule is Fc1ccccc1OCCN1CCC(Cc2ccccc2)CC1.O=C(O)C(=O)O. The van der Waals surface area contributed by atoms with E-state index in [9.17, 15) is 4.39 Å². The van der Waals surface area contributed by atoms with E-state index in [-0.39, 0.29) is 5.82 Å². The van der Waals surface area contributed by atoms with Crippen molar-refractivity contribution < 1.29 is 28.9 Å². The first kappa shape index (κ1) is 22.4. The molecule has 1 heterocycles. The number of nitrogens with zero attached hydrogens (tertiary/aromatic N) is 1. The van der Waals surface area contributed by atoms with Crippen molar-refractivity contribution in [3.63, 3.8) is 0 Å². The lowest BCUT2D eigenvalue weighted by atomic mass is 9.90. The average molecular weight is 403 g/mol. The monoisotopic (exact) mass is 403 g/mol. The van der Waals surface area contributed by atoms with Gasteiger partial charge in [0.2, 0.25) is 0 Å². The lowest BCUT2D eigenvalue weighted by Crippen LogP contribution is -2.37. The molecule has 0 spiro atoms. The van der Waals surface area contributed by atoms with Gasteiger partial charge in [-0.3, -0.25) is 4.90 Å². The molecule has 0 bridgehead atoms. The molecule has 156 valence electrons. The third-order valence-electron chi connectivity index (χ3n) is 4.76. The van der Waals surface area contributed by atoms with E-state index >= 15 is 0 Å². The van der Waals surface area contributed by atoms with Gasteiger partial charge in [-0.05, 0) is 56.0 Å². The zero-order valence-corrected chi connectivity index (χ0v) is 16.2. The Balaban J connectivity index is 0.000000438. The number of aliphatic carboxylic acids is 2. The minimum Gasteiger partial charge on any atom is -0.489 e. The number of hydrogen-bond acceptors (Lipinski definition) is 4. The number of halogens is 1. The highest BCUT2D eigenvalue weighted by atomic mass is 19.1. The molecule has 1 fully saturated rings. The van der Waals surface area contributed by atoms with Crippen LogP contribution in [-0.4, -0.2) is 53.3 Å². The summed E-state index contributed by atoms with van der Waals surface area (Å²) in [6.45, 7) is 3.63. The summed E-state index contributed by atoms with van der Waals surface area (Å²) in [7, 11) is 0. The highest BCUT2D eigenvalue weighted by Gasteiger charge is 2.19. The highest BCUT2D eigenvalue weighted by Crippen LogP contribution is 2.21. The Kier molecular flexibility index (Phi) is 9.11. The number of benzene rings is 2. The minimum absolute atomic E-state index is 0.283. The van der Waals surface area contributed by atoms with Crippen molar-refractivity contribution in [2.45, 2.75) is 19.3 Å². The Morgan fingerprint density at radius 3 is 2.14 bits per heavy atom. The molecular weight excluding hydrogens is 377 g/mol. The van der Waals surface area contributed by atoms with Crippen LogP contribution in [0.1, 0.15) is 18.4 Å². The molecule has 2 aromatic carbocycles. The van der Waals surface area contributed by atoms with Crippen LogP contribution in [-0.2, 0) is 16.0 Å². The summed E-state index contributed by atoms with van der Waals surface area (Å²) in [5.74, 6) is -2.80. The van der Waals surface area contributed by atoms with Gasteiger partial charge in [0.1, 0.15) is 6.61 Å². The van der Waals surface area contributed by atoms with E-state index in [1.165, 1.54) is 30.9 Å². The maximum absolute atomic E-state index is 13.5. The van der Waals surface area contributed by atoms with E-state index < -0.39 is 11.9 Å². The maximum atomic E-state index is 13.5. The second-order valence-corrected chi connectivity index (χ2v) is 6.86. The molecule has 0 aliphatic carbocycles. The van der Waals surface area contributed by atoms with Gasteiger partial charge in [0.15, 0.2) is 11.6 Å². The maximum Gasteiger partial charge on any atom is 0.414 e. The topological polar surface area (TPSA) is 87.1 Å². The Hall–Kier alpha value is -2.93. The molecule has 0 amide bonds. The van der Waals surface area contributed by atoms with Crippen LogP contribution in [0.25, 0.3) is 0 Å². The fraction of sp³-hybridized carbons (Fsp3) is 0.364. The predicted molar refractivity (Wildman–Crippen MR) is 106 cm³/mol. The van der Waals surface area contributed by atoms with E-state index in [2.05, 4.69) is 35.2 Å². The quantitative estimate of drug-likeness (QED) is 0.720. The Morgan fingerprint density at radius 1 is 0.966 bits per heavy atom. The van der Waals surface area contributed by atoms with Gasteiger partial charge in [0.05, 0.1) is 0 Å². The van der Waals surface area contributed by atoms with Crippen LogP contribution >= 0.6 is 0 Å². The fourth-order valence-corrected chi connectivity index (χ4v) is 3.21. The van der Waals surface area contributed by atoms with E-state index in [0.717, 1.165) is 25.6 Å². The second-order valence-electron chi connectivity index (χ2n) is 6.86. The molecule has 0 aromatic heterocycles. The van der Waals surface area contributed by atoms with Gasteiger partial charge in [0, 0.05) is 6.54 Å². The molecule has 3 rings (SSSR count). The van der Waals surface area contributed by atoms with Gasteiger partial charge < -0.3 is 14.9 Å².